The highest BCUT2D eigenvalue weighted by atomic mass is 16.5. The monoisotopic (exact) mass is 349 g/mol. The molecule has 138 valence electrons. The lowest BCUT2D eigenvalue weighted by Crippen LogP contribution is -2.50. The lowest BCUT2D eigenvalue weighted by atomic mass is 9.78. The van der Waals surface area contributed by atoms with E-state index < -0.39 is 5.41 Å². The van der Waals surface area contributed by atoms with E-state index in [1.54, 1.807) is 19.2 Å². The van der Waals surface area contributed by atoms with Gasteiger partial charge in [-0.25, -0.2) is 0 Å². The predicted octanol–water partition coefficient (Wildman–Crippen LogP) is 1.16. The minimum atomic E-state index is -0.453. The summed E-state index contributed by atoms with van der Waals surface area (Å²) in [4.78, 5) is 23.7. The average Bonchev–Trinajstić information content (AvgIpc) is 2.59. The third kappa shape index (κ3) is 5.72. The minimum absolute atomic E-state index is 0.0199. The second-order valence-corrected chi connectivity index (χ2v) is 6.28. The highest BCUT2D eigenvalue weighted by molar-refractivity contribution is 5.88. The Labute approximate surface area is 148 Å². The zero-order chi connectivity index (χ0) is 18.1. The molecule has 0 spiro atoms. The molecule has 0 unspecified atom stereocenters. The molecule has 0 aliphatic carbocycles. The van der Waals surface area contributed by atoms with Crippen molar-refractivity contribution in [1.82, 2.24) is 10.6 Å². The second kappa shape index (κ2) is 9.39. The van der Waals surface area contributed by atoms with Crippen LogP contribution in [-0.2, 0) is 14.3 Å². The first-order valence-electron chi connectivity index (χ1n) is 8.54. The Morgan fingerprint density at radius 1 is 1.28 bits per heavy atom. The molecule has 1 aromatic rings. The summed E-state index contributed by atoms with van der Waals surface area (Å²) in [6.07, 6.45) is 1.54. The van der Waals surface area contributed by atoms with Gasteiger partial charge in [0, 0.05) is 25.8 Å². The number of hydrogen-bond donors (Lipinski definition) is 3. The molecule has 25 heavy (non-hydrogen) atoms. The number of benzene rings is 1. The predicted molar refractivity (Wildman–Crippen MR) is 95.7 cm³/mol. The molecule has 1 aliphatic rings. The van der Waals surface area contributed by atoms with Crippen LogP contribution in [0.15, 0.2) is 24.3 Å². The molecule has 1 heterocycles. The summed E-state index contributed by atoms with van der Waals surface area (Å²) in [6, 6.07) is 7.16. The maximum absolute atomic E-state index is 12.6. The van der Waals surface area contributed by atoms with Crippen LogP contribution < -0.4 is 20.7 Å². The van der Waals surface area contributed by atoms with Crippen LogP contribution in [0.3, 0.4) is 0 Å². The van der Waals surface area contributed by atoms with Crippen LogP contribution in [0.5, 0.6) is 5.75 Å². The van der Waals surface area contributed by atoms with Crippen LogP contribution in [0.4, 0.5) is 5.69 Å². The quantitative estimate of drug-likeness (QED) is 0.613. The first-order chi connectivity index (χ1) is 12.1. The number of ether oxygens (including phenoxy) is 2. The van der Waals surface area contributed by atoms with Crippen LogP contribution in [0, 0.1) is 5.41 Å². The van der Waals surface area contributed by atoms with Gasteiger partial charge in [-0.05, 0) is 38.1 Å². The van der Waals surface area contributed by atoms with Crippen molar-refractivity contribution in [3.05, 3.63) is 24.3 Å². The molecule has 7 nitrogen and oxygen atoms in total. The molecule has 2 rings (SSSR count). The van der Waals surface area contributed by atoms with E-state index in [4.69, 9.17) is 9.47 Å². The van der Waals surface area contributed by atoms with E-state index in [9.17, 15) is 9.59 Å². The zero-order valence-corrected chi connectivity index (χ0v) is 14.9. The van der Waals surface area contributed by atoms with Crippen LogP contribution in [-0.4, -0.2) is 51.8 Å². The Hall–Kier alpha value is -2.12. The van der Waals surface area contributed by atoms with E-state index in [1.807, 2.05) is 12.1 Å². The van der Waals surface area contributed by atoms with Gasteiger partial charge in [0.1, 0.15) is 12.4 Å². The largest absolute Gasteiger partial charge is 0.492 e. The van der Waals surface area contributed by atoms with Gasteiger partial charge in [-0.1, -0.05) is 6.07 Å². The van der Waals surface area contributed by atoms with E-state index in [0.29, 0.717) is 31.2 Å². The number of carbonyl (C=O) groups excluding carboxylic acids is 2. The number of hydrogen-bond acceptors (Lipinski definition) is 5. The molecule has 1 aliphatic heterocycles. The van der Waals surface area contributed by atoms with E-state index >= 15 is 0 Å². The third-order valence-electron chi connectivity index (χ3n) is 4.27. The van der Waals surface area contributed by atoms with Gasteiger partial charge in [0.2, 0.25) is 11.8 Å². The standard InChI is InChI=1S/C18H27N3O4/c1-14(22)21-15-4-3-5-16(12-15)25-11-10-20-17(23)18(13-24-2)6-8-19-9-7-18/h3-5,12,19H,6-11,13H2,1-2H3,(H,20,23)(H,21,22). The van der Waals surface area contributed by atoms with Crippen LogP contribution in [0.25, 0.3) is 0 Å². The van der Waals surface area contributed by atoms with Gasteiger partial charge in [-0.2, -0.15) is 0 Å². The molecule has 0 radical (unpaired) electrons. The normalized spacial score (nSPS) is 16.1. The topological polar surface area (TPSA) is 88.7 Å². The summed E-state index contributed by atoms with van der Waals surface area (Å²) in [5.74, 6) is 0.537. The first kappa shape index (κ1) is 19.2. The van der Waals surface area contributed by atoms with E-state index in [-0.39, 0.29) is 11.8 Å². The van der Waals surface area contributed by atoms with Gasteiger partial charge >= 0.3 is 0 Å². The lowest BCUT2D eigenvalue weighted by molar-refractivity contribution is -0.136. The van der Waals surface area contributed by atoms with Gasteiger partial charge in [0.25, 0.3) is 0 Å². The van der Waals surface area contributed by atoms with Gasteiger partial charge < -0.3 is 25.4 Å². The van der Waals surface area contributed by atoms with Gasteiger partial charge in [0.15, 0.2) is 0 Å². The number of carbonyl (C=O) groups is 2. The second-order valence-electron chi connectivity index (χ2n) is 6.28. The van der Waals surface area contributed by atoms with Crippen molar-refractivity contribution in [2.75, 3.05) is 45.3 Å². The number of nitrogens with one attached hydrogen (secondary N) is 3. The summed E-state index contributed by atoms with van der Waals surface area (Å²) >= 11 is 0. The molecule has 3 N–H and O–H groups in total. The number of methoxy groups -OCH3 is 1. The van der Waals surface area contributed by atoms with Gasteiger partial charge in [0.05, 0.1) is 18.6 Å². The Bertz CT molecular complexity index is 580. The Morgan fingerprint density at radius 2 is 2.04 bits per heavy atom. The summed E-state index contributed by atoms with van der Waals surface area (Å²) in [7, 11) is 1.63. The SMILES string of the molecule is COCC1(C(=O)NCCOc2cccc(NC(C)=O)c2)CCNCC1. The summed E-state index contributed by atoms with van der Waals surface area (Å²) in [6.45, 7) is 4.31. The molecule has 2 amide bonds. The molecule has 0 aromatic heterocycles. The molecular formula is C18H27N3O4. The van der Waals surface area contributed by atoms with E-state index in [0.717, 1.165) is 25.9 Å². The molecule has 1 aromatic carbocycles. The number of amides is 2. The molecular weight excluding hydrogens is 322 g/mol. The number of piperidine rings is 1. The van der Waals surface area contributed by atoms with E-state index in [1.165, 1.54) is 6.92 Å². The van der Waals surface area contributed by atoms with Crippen molar-refractivity contribution in [3.8, 4) is 5.75 Å². The molecule has 0 bridgehead atoms. The van der Waals surface area contributed by atoms with Crippen molar-refractivity contribution >= 4 is 17.5 Å². The lowest BCUT2D eigenvalue weighted by Gasteiger charge is -2.35. The maximum atomic E-state index is 12.6. The average molecular weight is 349 g/mol. The van der Waals surface area contributed by atoms with E-state index in [2.05, 4.69) is 16.0 Å². The van der Waals surface area contributed by atoms with Crippen molar-refractivity contribution in [2.45, 2.75) is 19.8 Å². The van der Waals surface area contributed by atoms with Gasteiger partial charge in [-0.3, -0.25) is 9.59 Å². The highest BCUT2D eigenvalue weighted by Gasteiger charge is 2.39. The highest BCUT2D eigenvalue weighted by Crippen LogP contribution is 2.29. The number of rotatable bonds is 8. The summed E-state index contributed by atoms with van der Waals surface area (Å²) in [5, 5.41) is 8.93. The minimum Gasteiger partial charge on any atom is -0.492 e. The van der Waals surface area contributed by atoms with Crippen LogP contribution >= 0.6 is 0 Å². The molecule has 1 saturated heterocycles. The molecule has 0 saturated carbocycles. The fraction of sp³-hybridized carbons (Fsp3) is 0.556. The van der Waals surface area contributed by atoms with Crippen LogP contribution in [0.1, 0.15) is 19.8 Å². The van der Waals surface area contributed by atoms with Crippen molar-refractivity contribution in [2.24, 2.45) is 5.41 Å². The fourth-order valence-electron chi connectivity index (χ4n) is 3.01. The van der Waals surface area contributed by atoms with Crippen molar-refractivity contribution < 1.29 is 19.1 Å². The van der Waals surface area contributed by atoms with Crippen molar-refractivity contribution in [1.29, 1.82) is 0 Å². The maximum Gasteiger partial charge on any atom is 0.228 e. The smallest absolute Gasteiger partial charge is 0.228 e. The molecule has 1 fully saturated rings. The molecule has 0 atom stereocenters. The summed E-state index contributed by atoms with van der Waals surface area (Å²) < 4.78 is 10.9. The van der Waals surface area contributed by atoms with Gasteiger partial charge in [-0.15, -0.1) is 0 Å². The Morgan fingerprint density at radius 3 is 2.72 bits per heavy atom. The van der Waals surface area contributed by atoms with Crippen molar-refractivity contribution in [3.63, 3.8) is 0 Å². The summed E-state index contributed by atoms with van der Waals surface area (Å²) in [5.41, 5.74) is 0.230. The third-order valence-corrected chi connectivity index (χ3v) is 4.27. The fourth-order valence-corrected chi connectivity index (χ4v) is 3.01. The van der Waals surface area contributed by atoms with Crippen LogP contribution in [0.2, 0.25) is 0 Å². The Kier molecular flexibility index (Phi) is 7.21. The first-order valence-corrected chi connectivity index (χ1v) is 8.54. The Balaban J connectivity index is 1.80. The zero-order valence-electron chi connectivity index (χ0n) is 14.9. The molecule has 7 heteroatoms. The number of anilines is 1.